The van der Waals surface area contributed by atoms with Crippen LogP contribution in [0.3, 0.4) is 0 Å². The van der Waals surface area contributed by atoms with Crippen LogP contribution in [0.4, 0.5) is 0 Å². The molecule has 2 rings (SSSR count). The minimum atomic E-state index is -1.11. The van der Waals surface area contributed by atoms with Crippen LogP contribution < -0.4 is 14.2 Å². The molecule has 6 heteroatoms. The summed E-state index contributed by atoms with van der Waals surface area (Å²) in [6.45, 7) is 0. The predicted molar refractivity (Wildman–Crippen MR) is 68.4 cm³/mol. The Morgan fingerprint density at radius 3 is 2.26 bits per heavy atom. The highest BCUT2D eigenvalue weighted by atomic mass is 16.5. The fraction of sp³-hybridized carbons (Fsp3) is 0.231. The Bertz CT molecular complexity index is 638. The van der Waals surface area contributed by atoms with Gasteiger partial charge in [-0.25, -0.2) is 9.78 Å². The molecule has 6 nitrogen and oxygen atoms in total. The van der Waals surface area contributed by atoms with Gasteiger partial charge in [-0.2, -0.15) is 0 Å². The number of aromatic nitrogens is 1. The number of benzene rings is 1. The molecule has 0 bridgehead atoms. The number of pyridine rings is 1. The van der Waals surface area contributed by atoms with Crippen LogP contribution in [0.5, 0.6) is 17.4 Å². The molecule has 1 aromatic carbocycles. The second-order valence-electron chi connectivity index (χ2n) is 3.72. The van der Waals surface area contributed by atoms with Gasteiger partial charge in [-0.3, -0.25) is 0 Å². The number of carboxylic acid groups (broad SMARTS) is 1. The number of methoxy groups -OCH3 is 3. The van der Waals surface area contributed by atoms with Gasteiger partial charge in [0.15, 0.2) is 0 Å². The summed E-state index contributed by atoms with van der Waals surface area (Å²) in [6.07, 6.45) is 0. The molecule has 0 aliphatic rings. The molecule has 0 unspecified atom stereocenters. The SMILES string of the molecule is COc1nc2c(OC)ccc(OC)c2cc1C(=O)O. The highest BCUT2D eigenvalue weighted by molar-refractivity contribution is 5.99. The molecule has 0 amide bonds. The van der Waals surface area contributed by atoms with Crippen LogP contribution in [0.25, 0.3) is 10.9 Å². The monoisotopic (exact) mass is 263 g/mol. The first-order valence-electron chi connectivity index (χ1n) is 5.45. The molecule has 0 atom stereocenters. The highest BCUT2D eigenvalue weighted by Crippen LogP contribution is 2.34. The van der Waals surface area contributed by atoms with E-state index in [1.165, 1.54) is 27.4 Å². The van der Waals surface area contributed by atoms with Crippen molar-refractivity contribution >= 4 is 16.9 Å². The van der Waals surface area contributed by atoms with E-state index >= 15 is 0 Å². The lowest BCUT2D eigenvalue weighted by Crippen LogP contribution is -2.04. The summed E-state index contributed by atoms with van der Waals surface area (Å²) < 4.78 is 15.4. The summed E-state index contributed by atoms with van der Waals surface area (Å²) in [7, 11) is 4.39. The number of aromatic carboxylic acids is 1. The number of rotatable bonds is 4. The summed E-state index contributed by atoms with van der Waals surface area (Å²) in [5.74, 6) is -0.0397. The zero-order valence-corrected chi connectivity index (χ0v) is 10.8. The van der Waals surface area contributed by atoms with Crippen molar-refractivity contribution in [2.75, 3.05) is 21.3 Å². The van der Waals surface area contributed by atoms with Gasteiger partial charge in [0.1, 0.15) is 22.6 Å². The number of carbonyl (C=O) groups is 1. The van der Waals surface area contributed by atoms with Crippen LogP contribution in [0.2, 0.25) is 0 Å². The molecule has 1 N–H and O–H groups in total. The fourth-order valence-electron chi connectivity index (χ4n) is 1.84. The summed E-state index contributed by atoms with van der Waals surface area (Å²) in [5, 5.41) is 9.71. The molecule has 0 saturated carbocycles. The number of hydrogen-bond donors (Lipinski definition) is 1. The van der Waals surface area contributed by atoms with Gasteiger partial charge >= 0.3 is 5.97 Å². The molecule has 1 heterocycles. The molecule has 0 aliphatic heterocycles. The molecule has 2 aromatic rings. The number of hydrogen-bond acceptors (Lipinski definition) is 5. The zero-order chi connectivity index (χ0) is 14.0. The Kier molecular flexibility index (Phi) is 3.41. The lowest BCUT2D eigenvalue weighted by atomic mass is 10.1. The standard InChI is InChI=1S/C13H13NO5/c1-17-9-4-5-10(18-2)11-7(9)6-8(13(15)16)12(14-11)19-3/h4-6H,1-3H3,(H,15,16). The van der Waals surface area contributed by atoms with Crippen LogP contribution in [0, 0.1) is 0 Å². The molecule has 1 aromatic heterocycles. The highest BCUT2D eigenvalue weighted by Gasteiger charge is 2.18. The molecule has 0 radical (unpaired) electrons. The lowest BCUT2D eigenvalue weighted by molar-refractivity contribution is 0.0692. The molecule has 0 fully saturated rings. The Morgan fingerprint density at radius 1 is 1.11 bits per heavy atom. The maximum absolute atomic E-state index is 11.2. The molecular weight excluding hydrogens is 250 g/mol. The van der Waals surface area contributed by atoms with Crippen molar-refractivity contribution in [2.24, 2.45) is 0 Å². The largest absolute Gasteiger partial charge is 0.496 e. The first-order chi connectivity index (χ1) is 9.12. The van der Waals surface area contributed by atoms with Crippen molar-refractivity contribution in [1.82, 2.24) is 4.98 Å². The van der Waals surface area contributed by atoms with E-state index in [2.05, 4.69) is 4.98 Å². The van der Waals surface area contributed by atoms with E-state index < -0.39 is 5.97 Å². The number of carboxylic acids is 1. The zero-order valence-electron chi connectivity index (χ0n) is 10.8. The summed E-state index contributed by atoms with van der Waals surface area (Å²) in [4.78, 5) is 15.4. The first kappa shape index (κ1) is 12.9. The molecule has 0 spiro atoms. The van der Waals surface area contributed by atoms with Gasteiger partial charge in [0.25, 0.3) is 0 Å². The van der Waals surface area contributed by atoms with Crippen molar-refractivity contribution in [3.05, 3.63) is 23.8 Å². The Labute approximate surface area is 109 Å². The van der Waals surface area contributed by atoms with Gasteiger partial charge < -0.3 is 19.3 Å². The van der Waals surface area contributed by atoms with Crippen LogP contribution in [0.1, 0.15) is 10.4 Å². The van der Waals surface area contributed by atoms with E-state index in [-0.39, 0.29) is 11.4 Å². The smallest absolute Gasteiger partial charge is 0.341 e. The number of nitrogens with zero attached hydrogens (tertiary/aromatic N) is 1. The van der Waals surface area contributed by atoms with Gasteiger partial charge in [0.05, 0.1) is 21.3 Å². The molecule has 100 valence electrons. The summed E-state index contributed by atoms with van der Waals surface area (Å²) in [6, 6.07) is 4.86. The van der Waals surface area contributed by atoms with Crippen LogP contribution in [-0.4, -0.2) is 37.4 Å². The van der Waals surface area contributed by atoms with Crippen LogP contribution in [0.15, 0.2) is 18.2 Å². The average Bonchev–Trinajstić information content (AvgIpc) is 2.44. The maximum Gasteiger partial charge on any atom is 0.341 e. The Balaban J connectivity index is 2.85. The molecular formula is C13H13NO5. The second-order valence-corrected chi connectivity index (χ2v) is 3.72. The van der Waals surface area contributed by atoms with Crippen molar-refractivity contribution < 1.29 is 24.1 Å². The second kappa shape index (κ2) is 5.01. The van der Waals surface area contributed by atoms with E-state index in [9.17, 15) is 4.79 Å². The van der Waals surface area contributed by atoms with Crippen LogP contribution in [-0.2, 0) is 0 Å². The van der Waals surface area contributed by atoms with Crippen molar-refractivity contribution in [3.8, 4) is 17.4 Å². The Morgan fingerprint density at radius 2 is 1.74 bits per heavy atom. The van der Waals surface area contributed by atoms with E-state index in [1.807, 2.05) is 0 Å². The van der Waals surface area contributed by atoms with E-state index in [4.69, 9.17) is 19.3 Å². The maximum atomic E-state index is 11.2. The average molecular weight is 263 g/mol. The third kappa shape index (κ3) is 2.12. The van der Waals surface area contributed by atoms with Crippen molar-refractivity contribution in [3.63, 3.8) is 0 Å². The third-order valence-electron chi connectivity index (χ3n) is 2.74. The lowest BCUT2D eigenvalue weighted by Gasteiger charge is -2.11. The summed E-state index contributed by atoms with van der Waals surface area (Å²) >= 11 is 0. The van der Waals surface area contributed by atoms with E-state index in [0.29, 0.717) is 22.4 Å². The minimum absolute atomic E-state index is 0.0263. The van der Waals surface area contributed by atoms with Crippen LogP contribution >= 0.6 is 0 Å². The normalized spacial score (nSPS) is 10.3. The molecule has 0 aliphatic carbocycles. The van der Waals surface area contributed by atoms with Gasteiger partial charge in [0.2, 0.25) is 5.88 Å². The van der Waals surface area contributed by atoms with Crippen molar-refractivity contribution in [1.29, 1.82) is 0 Å². The minimum Gasteiger partial charge on any atom is -0.496 e. The van der Waals surface area contributed by atoms with Crippen molar-refractivity contribution in [2.45, 2.75) is 0 Å². The molecule has 0 saturated heterocycles. The number of fused-ring (bicyclic) bond motifs is 1. The fourth-order valence-corrected chi connectivity index (χ4v) is 1.84. The topological polar surface area (TPSA) is 77.9 Å². The van der Waals surface area contributed by atoms with Gasteiger partial charge in [-0.1, -0.05) is 0 Å². The first-order valence-corrected chi connectivity index (χ1v) is 5.45. The predicted octanol–water partition coefficient (Wildman–Crippen LogP) is 1.96. The summed E-state index contributed by atoms with van der Waals surface area (Å²) in [5.41, 5.74) is 0.463. The van der Waals surface area contributed by atoms with Gasteiger partial charge in [-0.05, 0) is 18.2 Å². The van der Waals surface area contributed by atoms with E-state index in [1.54, 1.807) is 12.1 Å². The Hall–Kier alpha value is -2.50. The van der Waals surface area contributed by atoms with E-state index in [0.717, 1.165) is 0 Å². The van der Waals surface area contributed by atoms with Gasteiger partial charge in [0, 0.05) is 5.39 Å². The molecule has 19 heavy (non-hydrogen) atoms. The quantitative estimate of drug-likeness (QED) is 0.908. The number of ether oxygens (including phenoxy) is 3. The third-order valence-corrected chi connectivity index (χ3v) is 2.74. The van der Waals surface area contributed by atoms with Gasteiger partial charge in [-0.15, -0.1) is 0 Å².